The van der Waals surface area contributed by atoms with Crippen molar-refractivity contribution in [3.63, 3.8) is 0 Å². The molecule has 0 aliphatic carbocycles. The Morgan fingerprint density at radius 3 is 2.46 bits per heavy atom. The van der Waals surface area contributed by atoms with Gasteiger partial charge in [-0.1, -0.05) is 0 Å². The van der Waals surface area contributed by atoms with Gasteiger partial charge in [0.15, 0.2) is 5.76 Å². The van der Waals surface area contributed by atoms with Gasteiger partial charge in [-0.3, -0.25) is 4.79 Å². The summed E-state index contributed by atoms with van der Waals surface area (Å²) in [7, 11) is 1.62. The first-order valence-corrected chi connectivity index (χ1v) is 7.39. The van der Waals surface area contributed by atoms with Gasteiger partial charge in [-0.2, -0.15) is 0 Å². The van der Waals surface area contributed by atoms with Crippen molar-refractivity contribution in [2.75, 3.05) is 11.9 Å². The van der Waals surface area contributed by atoms with Crippen LogP contribution in [-0.4, -0.2) is 18.1 Å². The zero-order valence-corrected chi connectivity index (χ0v) is 13.3. The highest BCUT2D eigenvalue weighted by atomic mass is 19.1. The summed E-state index contributed by atoms with van der Waals surface area (Å²) >= 11 is 0. The number of halogens is 1. The Hall–Kier alpha value is -3.08. The van der Waals surface area contributed by atoms with E-state index in [1.165, 1.54) is 17.0 Å². The highest BCUT2D eigenvalue weighted by molar-refractivity contribution is 6.04. The molecule has 122 valence electrons. The van der Waals surface area contributed by atoms with Gasteiger partial charge in [0.25, 0.3) is 5.91 Å². The van der Waals surface area contributed by atoms with Crippen molar-refractivity contribution in [1.82, 2.24) is 0 Å². The van der Waals surface area contributed by atoms with Crippen molar-refractivity contribution in [1.29, 1.82) is 0 Å². The molecule has 1 N–H and O–H groups in total. The van der Waals surface area contributed by atoms with E-state index in [1.54, 1.807) is 56.4 Å². The number of carbonyl (C=O) groups excluding carboxylic acids is 1. The quantitative estimate of drug-likeness (QED) is 0.777. The van der Waals surface area contributed by atoms with Gasteiger partial charge < -0.3 is 14.4 Å². The van der Waals surface area contributed by atoms with Crippen LogP contribution in [0.1, 0.15) is 16.1 Å². The van der Waals surface area contributed by atoms with Crippen LogP contribution in [0.5, 0.6) is 5.75 Å². The number of furan rings is 1. The van der Waals surface area contributed by atoms with E-state index in [1.807, 2.05) is 0 Å². The Morgan fingerprint density at radius 2 is 1.79 bits per heavy atom. The number of anilines is 1. The molecule has 3 aromatic rings. The number of hydrogen-bond donors (Lipinski definition) is 1. The van der Waals surface area contributed by atoms with Gasteiger partial charge in [-0.05, 0) is 67.1 Å². The zero-order valence-electron chi connectivity index (χ0n) is 13.3. The number of nitrogens with zero attached hydrogens (tertiary/aromatic N) is 1. The van der Waals surface area contributed by atoms with Gasteiger partial charge >= 0.3 is 0 Å². The predicted octanol–water partition coefficient (Wildman–Crippen LogP) is 4.38. The van der Waals surface area contributed by atoms with Crippen molar-refractivity contribution in [3.05, 3.63) is 71.7 Å². The van der Waals surface area contributed by atoms with Crippen molar-refractivity contribution in [2.45, 2.75) is 6.92 Å². The predicted molar refractivity (Wildman–Crippen MR) is 89.7 cm³/mol. The summed E-state index contributed by atoms with van der Waals surface area (Å²) in [6.07, 6.45) is 0. The second kappa shape index (κ2) is 6.20. The Labute approximate surface area is 138 Å². The second-order valence-corrected chi connectivity index (χ2v) is 5.51. The molecule has 4 nitrogen and oxygen atoms in total. The van der Waals surface area contributed by atoms with E-state index in [2.05, 4.69) is 0 Å². The van der Waals surface area contributed by atoms with E-state index < -0.39 is 0 Å². The normalized spacial score (nSPS) is 10.6. The van der Waals surface area contributed by atoms with E-state index >= 15 is 0 Å². The van der Waals surface area contributed by atoms with E-state index in [9.17, 15) is 14.3 Å². The van der Waals surface area contributed by atoms with Gasteiger partial charge in [0.1, 0.15) is 17.3 Å². The lowest BCUT2D eigenvalue weighted by atomic mass is 10.1. The maximum absolute atomic E-state index is 13.2. The zero-order chi connectivity index (χ0) is 17.3. The van der Waals surface area contributed by atoms with Gasteiger partial charge in [-0.25, -0.2) is 4.39 Å². The Morgan fingerprint density at radius 1 is 1.08 bits per heavy atom. The SMILES string of the molecule is Cc1cc(F)ccc1N(C)C(=O)c1ccc(-c2ccc(O)cc2)o1. The maximum atomic E-state index is 13.2. The first kappa shape index (κ1) is 15.8. The average molecular weight is 325 g/mol. The van der Waals surface area contributed by atoms with Crippen LogP contribution in [0, 0.1) is 12.7 Å². The third kappa shape index (κ3) is 3.01. The molecule has 1 amide bonds. The number of phenolic OH excluding ortho intramolecular Hbond substituents is 1. The first-order valence-electron chi connectivity index (χ1n) is 7.39. The van der Waals surface area contributed by atoms with Crippen molar-refractivity contribution in [2.24, 2.45) is 0 Å². The minimum atomic E-state index is -0.343. The molecule has 0 aliphatic rings. The molecule has 0 saturated heterocycles. The minimum Gasteiger partial charge on any atom is -0.508 e. The maximum Gasteiger partial charge on any atom is 0.293 e. The third-order valence-electron chi connectivity index (χ3n) is 3.79. The monoisotopic (exact) mass is 325 g/mol. The summed E-state index contributed by atoms with van der Waals surface area (Å²) in [4.78, 5) is 14.0. The van der Waals surface area contributed by atoms with Crippen LogP contribution in [0.3, 0.4) is 0 Å². The molecule has 0 unspecified atom stereocenters. The van der Waals surface area contributed by atoms with E-state index in [0.29, 0.717) is 17.0 Å². The Balaban J connectivity index is 1.86. The fourth-order valence-corrected chi connectivity index (χ4v) is 2.50. The molecule has 1 aromatic heterocycles. The lowest BCUT2D eigenvalue weighted by Crippen LogP contribution is -2.26. The van der Waals surface area contributed by atoms with Crippen LogP contribution in [0.2, 0.25) is 0 Å². The van der Waals surface area contributed by atoms with Crippen LogP contribution >= 0.6 is 0 Å². The summed E-state index contributed by atoms with van der Waals surface area (Å²) in [5.74, 6) is 0.208. The van der Waals surface area contributed by atoms with Crippen molar-refractivity contribution >= 4 is 11.6 Å². The van der Waals surface area contributed by atoms with Gasteiger partial charge in [0.05, 0.1) is 0 Å². The highest BCUT2D eigenvalue weighted by Crippen LogP contribution is 2.26. The van der Waals surface area contributed by atoms with Crippen LogP contribution in [0.4, 0.5) is 10.1 Å². The number of aryl methyl sites for hydroxylation is 1. The van der Waals surface area contributed by atoms with Crippen LogP contribution in [-0.2, 0) is 0 Å². The topological polar surface area (TPSA) is 53.7 Å². The molecule has 3 rings (SSSR count). The summed E-state index contributed by atoms with van der Waals surface area (Å²) in [5, 5.41) is 9.32. The largest absolute Gasteiger partial charge is 0.508 e. The smallest absolute Gasteiger partial charge is 0.293 e. The molecule has 0 spiro atoms. The molecule has 0 saturated carbocycles. The molecule has 0 fully saturated rings. The molecular weight excluding hydrogens is 309 g/mol. The number of phenols is 1. The lowest BCUT2D eigenvalue weighted by Gasteiger charge is -2.18. The fraction of sp³-hybridized carbons (Fsp3) is 0.105. The molecule has 24 heavy (non-hydrogen) atoms. The highest BCUT2D eigenvalue weighted by Gasteiger charge is 2.19. The molecule has 1 heterocycles. The first-order chi connectivity index (χ1) is 11.5. The van der Waals surface area contributed by atoms with E-state index in [0.717, 1.165) is 5.56 Å². The standard InChI is InChI=1S/C19H16FNO3/c1-12-11-14(20)5-8-16(12)21(2)19(23)18-10-9-17(24-18)13-3-6-15(22)7-4-13/h3-11,22H,1-2H3. The summed E-state index contributed by atoms with van der Waals surface area (Å²) in [6.45, 7) is 1.74. The molecule has 5 heteroatoms. The number of benzene rings is 2. The molecule has 0 bridgehead atoms. The fourth-order valence-electron chi connectivity index (χ4n) is 2.50. The molecular formula is C19H16FNO3. The molecule has 2 aromatic carbocycles. The average Bonchev–Trinajstić information content (AvgIpc) is 3.04. The number of hydrogen-bond acceptors (Lipinski definition) is 3. The number of amides is 1. The van der Waals surface area contributed by atoms with Gasteiger partial charge in [0, 0.05) is 18.3 Å². The molecule has 0 radical (unpaired) electrons. The van der Waals surface area contributed by atoms with Crippen molar-refractivity contribution < 1.29 is 18.7 Å². The summed E-state index contributed by atoms with van der Waals surface area (Å²) in [5.41, 5.74) is 2.03. The van der Waals surface area contributed by atoms with E-state index in [-0.39, 0.29) is 23.2 Å². The third-order valence-corrected chi connectivity index (χ3v) is 3.79. The van der Waals surface area contributed by atoms with Crippen molar-refractivity contribution in [3.8, 4) is 17.1 Å². The van der Waals surface area contributed by atoms with Gasteiger partial charge in [-0.15, -0.1) is 0 Å². The van der Waals surface area contributed by atoms with Gasteiger partial charge in [0.2, 0.25) is 0 Å². The number of carbonyl (C=O) groups is 1. The Bertz CT molecular complexity index is 884. The lowest BCUT2D eigenvalue weighted by molar-refractivity contribution is 0.0967. The number of rotatable bonds is 3. The summed E-state index contributed by atoms with van der Waals surface area (Å²) < 4.78 is 18.8. The van der Waals surface area contributed by atoms with Crippen LogP contribution in [0.25, 0.3) is 11.3 Å². The minimum absolute atomic E-state index is 0.160. The van der Waals surface area contributed by atoms with Crippen LogP contribution < -0.4 is 4.90 Å². The summed E-state index contributed by atoms with van der Waals surface area (Å²) in [6, 6.07) is 14.1. The Kier molecular flexibility index (Phi) is 4.08. The molecule has 0 aliphatic heterocycles. The van der Waals surface area contributed by atoms with E-state index in [4.69, 9.17) is 4.42 Å². The number of aromatic hydroxyl groups is 1. The van der Waals surface area contributed by atoms with Crippen LogP contribution in [0.15, 0.2) is 59.0 Å². The molecule has 0 atom stereocenters. The second-order valence-electron chi connectivity index (χ2n) is 5.51.